The Morgan fingerprint density at radius 1 is 1.33 bits per heavy atom. The molecule has 0 spiro atoms. The van der Waals surface area contributed by atoms with E-state index in [4.69, 9.17) is 4.74 Å². The Morgan fingerprint density at radius 3 is 2.72 bits per heavy atom. The molecule has 1 aromatic rings. The fourth-order valence-corrected chi connectivity index (χ4v) is 5.06. The zero-order valence-corrected chi connectivity index (χ0v) is 13.7. The highest BCUT2D eigenvalue weighted by Gasteiger charge is 2.55. The van der Waals surface area contributed by atoms with Crippen molar-refractivity contribution in [2.24, 2.45) is 17.8 Å². The Hall–Kier alpha value is -0.0200. The lowest BCUT2D eigenvalue weighted by Gasteiger charge is -2.17. The van der Waals surface area contributed by atoms with Crippen LogP contribution in [0.3, 0.4) is 0 Å². The van der Waals surface area contributed by atoms with Crippen molar-refractivity contribution in [3.8, 4) is 5.75 Å². The van der Waals surface area contributed by atoms with Gasteiger partial charge in [0, 0.05) is 14.9 Å². The number of benzene rings is 1. The predicted octanol–water partition coefficient (Wildman–Crippen LogP) is 5.33. The van der Waals surface area contributed by atoms with Crippen LogP contribution in [0.5, 0.6) is 5.75 Å². The number of fused-ring (bicyclic) bond motifs is 1. The molecule has 98 valence electrons. The van der Waals surface area contributed by atoms with Crippen molar-refractivity contribution in [1.82, 2.24) is 0 Å². The summed E-state index contributed by atoms with van der Waals surface area (Å²) >= 11 is 7.49. The second-order valence-electron chi connectivity index (χ2n) is 5.35. The molecule has 0 heterocycles. The molecule has 0 bridgehead atoms. The van der Waals surface area contributed by atoms with Gasteiger partial charge in [0.05, 0.1) is 6.61 Å². The van der Waals surface area contributed by atoms with Crippen LogP contribution in [-0.4, -0.2) is 6.61 Å². The molecule has 2 fully saturated rings. The lowest BCUT2D eigenvalue weighted by atomic mass is 10.0. The van der Waals surface area contributed by atoms with Gasteiger partial charge in [-0.25, -0.2) is 0 Å². The van der Waals surface area contributed by atoms with Crippen molar-refractivity contribution in [1.29, 1.82) is 0 Å². The van der Waals surface area contributed by atoms with Crippen LogP contribution in [-0.2, 0) is 0 Å². The van der Waals surface area contributed by atoms with Gasteiger partial charge in [-0.2, -0.15) is 0 Å². The maximum absolute atomic E-state index is 5.76. The van der Waals surface area contributed by atoms with Crippen LogP contribution in [0.1, 0.15) is 36.6 Å². The van der Waals surface area contributed by atoms with Crippen LogP contribution < -0.4 is 4.74 Å². The second kappa shape index (κ2) is 5.16. The summed E-state index contributed by atoms with van der Waals surface area (Å²) < 4.78 is 6.90. The van der Waals surface area contributed by atoms with Gasteiger partial charge in [0.15, 0.2) is 0 Å². The van der Waals surface area contributed by atoms with E-state index in [1.165, 1.54) is 24.8 Å². The molecule has 0 amide bonds. The highest BCUT2D eigenvalue weighted by Crippen LogP contribution is 2.65. The van der Waals surface area contributed by atoms with Crippen LogP contribution >= 0.6 is 31.9 Å². The van der Waals surface area contributed by atoms with E-state index in [-0.39, 0.29) is 0 Å². The molecule has 3 unspecified atom stereocenters. The predicted molar refractivity (Wildman–Crippen MR) is 81.3 cm³/mol. The normalized spacial score (nSPS) is 30.9. The van der Waals surface area contributed by atoms with E-state index in [0.29, 0.717) is 4.83 Å². The molecule has 3 rings (SSSR count). The molecular formula is C15H18Br2O. The van der Waals surface area contributed by atoms with E-state index in [1.54, 1.807) is 0 Å². The third-order valence-electron chi connectivity index (χ3n) is 4.38. The monoisotopic (exact) mass is 372 g/mol. The molecule has 0 N–H and O–H groups in total. The van der Waals surface area contributed by atoms with Gasteiger partial charge >= 0.3 is 0 Å². The van der Waals surface area contributed by atoms with E-state index < -0.39 is 0 Å². The van der Waals surface area contributed by atoms with E-state index in [9.17, 15) is 0 Å². The third kappa shape index (κ3) is 2.24. The first-order valence-electron chi connectivity index (χ1n) is 6.78. The van der Waals surface area contributed by atoms with Gasteiger partial charge in [0.2, 0.25) is 0 Å². The molecule has 0 aliphatic heterocycles. The summed E-state index contributed by atoms with van der Waals surface area (Å²) in [6, 6.07) is 6.34. The Labute approximate surface area is 126 Å². The summed E-state index contributed by atoms with van der Waals surface area (Å²) in [6.45, 7) is 2.77. The van der Waals surface area contributed by atoms with Crippen LogP contribution in [0.15, 0.2) is 22.7 Å². The van der Waals surface area contributed by atoms with Gasteiger partial charge in [-0.05, 0) is 55.7 Å². The minimum absolute atomic E-state index is 0.451. The molecule has 3 heteroatoms. The van der Waals surface area contributed by atoms with Crippen molar-refractivity contribution in [2.75, 3.05) is 6.61 Å². The first-order chi connectivity index (χ1) is 8.72. The first-order valence-corrected chi connectivity index (χ1v) is 8.49. The van der Waals surface area contributed by atoms with E-state index in [2.05, 4.69) is 50.1 Å². The van der Waals surface area contributed by atoms with Crippen LogP contribution in [0.4, 0.5) is 0 Å². The topological polar surface area (TPSA) is 9.23 Å². The maximum Gasteiger partial charge on any atom is 0.123 e. The second-order valence-corrected chi connectivity index (χ2v) is 7.26. The molecule has 3 atom stereocenters. The molecule has 0 radical (unpaired) electrons. The van der Waals surface area contributed by atoms with Gasteiger partial charge in [-0.3, -0.25) is 0 Å². The van der Waals surface area contributed by atoms with Crippen molar-refractivity contribution in [2.45, 2.75) is 31.0 Å². The standard InChI is InChI=1S/C15H18Br2O/c1-2-18-13-7-6-9(16)8-12(13)15(17)14-10-4-3-5-11(10)14/h6-8,10-11,14-15H,2-5H2,1H3. The average molecular weight is 374 g/mol. The van der Waals surface area contributed by atoms with Gasteiger partial charge in [0.1, 0.15) is 5.75 Å². The first kappa shape index (κ1) is 13.0. The minimum atomic E-state index is 0.451. The number of hydrogen-bond donors (Lipinski definition) is 0. The lowest BCUT2D eigenvalue weighted by Crippen LogP contribution is -2.03. The number of halogens is 2. The Bertz CT molecular complexity index is 436. The van der Waals surface area contributed by atoms with Gasteiger partial charge in [0.25, 0.3) is 0 Å². The summed E-state index contributed by atoms with van der Waals surface area (Å²) in [5.74, 6) is 3.78. The summed E-state index contributed by atoms with van der Waals surface area (Å²) in [5.41, 5.74) is 1.31. The van der Waals surface area contributed by atoms with E-state index in [1.807, 2.05) is 6.92 Å². The summed E-state index contributed by atoms with van der Waals surface area (Å²) in [7, 11) is 0. The zero-order chi connectivity index (χ0) is 12.7. The van der Waals surface area contributed by atoms with E-state index >= 15 is 0 Å². The Kier molecular flexibility index (Phi) is 3.72. The molecule has 1 nitrogen and oxygen atoms in total. The van der Waals surface area contributed by atoms with Crippen molar-refractivity contribution < 1.29 is 4.74 Å². The van der Waals surface area contributed by atoms with Crippen LogP contribution in [0, 0.1) is 17.8 Å². The third-order valence-corrected chi connectivity index (χ3v) is 5.98. The number of hydrogen-bond acceptors (Lipinski definition) is 1. The van der Waals surface area contributed by atoms with Crippen LogP contribution in [0.2, 0.25) is 0 Å². The summed E-state index contributed by atoms with van der Waals surface area (Å²) in [6.07, 6.45) is 4.28. The molecular weight excluding hydrogens is 356 g/mol. The highest BCUT2D eigenvalue weighted by molar-refractivity contribution is 9.10. The summed E-state index contributed by atoms with van der Waals surface area (Å²) in [4.78, 5) is 0.451. The van der Waals surface area contributed by atoms with E-state index in [0.717, 1.165) is 34.6 Å². The smallest absolute Gasteiger partial charge is 0.123 e. The number of rotatable bonds is 4. The SMILES string of the molecule is CCOc1ccc(Br)cc1C(Br)C1C2CCCC21. The number of alkyl halides is 1. The van der Waals surface area contributed by atoms with Gasteiger partial charge in [-0.15, -0.1) is 0 Å². The fourth-order valence-electron chi connectivity index (χ4n) is 3.54. The van der Waals surface area contributed by atoms with Crippen molar-refractivity contribution in [3.05, 3.63) is 28.2 Å². The Balaban J connectivity index is 1.84. The molecule has 0 aromatic heterocycles. The fraction of sp³-hybridized carbons (Fsp3) is 0.600. The lowest BCUT2D eigenvalue weighted by molar-refractivity contribution is 0.335. The van der Waals surface area contributed by atoms with Gasteiger partial charge < -0.3 is 4.74 Å². The van der Waals surface area contributed by atoms with Crippen molar-refractivity contribution in [3.63, 3.8) is 0 Å². The van der Waals surface area contributed by atoms with Crippen LogP contribution in [0.25, 0.3) is 0 Å². The average Bonchev–Trinajstić information content (AvgIpc) is 2.84. The zero-order valence-electron chi connectivity index (χ0n) is 10.5. The summed E-state index contributed by atoms with van der Waals surface area (Å²) in [5, 5.41) is 0. The maximum atomic E-state index is 5.76. The molecule has 2 aliphatic carbocycles. The quantitative estimate of drug-likeness (QED) is 0.648. The molecule has 18 heavy (non-hydrogen) atoms. The van der Waals surface area contributed by atoms with Crippen molar-refractivity contribution >= 4 is 31.9 Å². The minimum Gasteiger partial charge on any atom is -0.494 e. The Morgan fingerprint density at radius 2 is 2.06 bits per heavy atom. The molecule has 0 saturated heterocycles. The molecule has 1 aromatic carbocycles. The molecule has 2 aliphatic rings. The number of ether oxygens (including phenoxy) is 1. The van der Waals surface area contributed by atoms with Gasteiger partial charge in [-0.1, -0.05) is 38.3 Å². The highest BCUT2D eigenvalue weighted by atomic mass is 79.9. The molecule has 2 saturated carbocycles. The largest absolute Gasteiger partial charge is 0.494 e.